The fraction of sp³-hybridized carbons (Fsp3) is 0.222. The van der Waals surface area contributed by atoms with E-state index >= 15 is 0 Å². The van der Waals surface area contributed by atoms with Gasteiger partial charge < -0.3 is 5.32 Å². The zero-order valence-corrected chi connectivity index (χ0v) is 7.07. The zero-order valence-electron chi connectivity index (χ0n) is 7.07. The maximum absolute atomic E-state index is 11.4. The van der Waals surface area contributed by atoms with Gasteiger partial charge in [0.25, 0.3) is 0 Å². The molecule has 2 aliphatic rings. The Labute approximate surface area is 75.0 Å². The van der Waals surface area contributed by atoms with Gasteiger partial charge in [-0.15, -0.1) is 0 Å². The van der Waals surface area contributed by atoms with E-state index in [9.17, 15) is 9.59 Å². The monoisotopic (exact) mass is 176 g/mol. The first-order valence-electron chi connectivity index (χ1n) is 3.97. The van der Waals surface area contributed by atoms with E-state index in [0.717, 1.165) is 0 Å². The van der Waals surface area contributed by atoms with E-state index < -0.39 is 0 Å². The highest BCUT2D eigenvalue weighted by Crippen LogP contribution is 2.16. The number of nitrogens with zero attached hydrogens (tertiary/aromatic N) is 1. The zero-order chi connectivity index (χ0) is 9.42. The van der Waals surface area contributed by atoms with Gasteiger partial charge in [0.15, 0.2) is 5.78 Å². The number of nitrogens with one attached hydrogen (secondary N) is 1. The quantitative estimate of drug-likeness (QED) is 0.572. The summed E-state index contributed by atoms with van der Waals surface area (Å²) in [5.74, 6) is -0.199. The summed E-state index contributed by atoms with van der Waals surface area (Å²) >= 11 is 0. The lowest BCUT2D eigenvalue weighted by Gasteiger charge is -2.20. The van der Waals surface area contributed by atoms with Crippen LogP contribution in [0.15, 0.2) is 28.9 Å². The Kier molecular flexibility index (Phi) is 1.62. The van der Waals surface area contributed by atoms with Gasteiger partial charge in [0, 0.05) is 17.8 Å². The molecule has 0 aromatic rings. The molecule has 0 aromatic heterocycles. The third-order valence-electron chi connectivity index (χ3n) is 1.94. The predicted molar refractivity (Wildman–Crippen MR) is 47.0 cm³/mol. The summed E-state index contributed by atoms with van der Waals surface area (Å²) in [6.07, 6.45) is 4.41. The molecule has 0 aromatic carbocycles. The predicted octanol–water partition coefficient (Wildman–Crippen LogP) is 0.174. The molecule has 0 radical (unpaired) electrons. The van der Waals surface area contributed by atoms with Crippen LogP contribution in [0.4, 0.5) is 0 Å². The van der Waals surface area contributed by atoms with Gasteiger partial charge in [-0.2, -0.15) is 0 Å². The largest absolute Gasteiger partial charge is 0.310 e. The number of hydrogen-bond donors (Lipinski definition) is 1. The number of ketones is 1. The third-order valence-corrected chi connectivity index (χ3v) is 1.94. The van der Waals surface area contributed by atoms with Gasteiger partial charge in [-0.1, -0.05) is 6.08 Å². The molecule has 2 heterocycles. The molecule has 4 heteroatoms. The lowest BCUT2D eigenvalue weighted by Crippen LogP contribution is -2.42. The van der Waals surface area contributed by atoms with E-state index in [-0.39, 0.29) is 17.6 Å². The first kappa shape index (κ1) is 7.91. The molecule has 1 N–H and O–H groups in total. The Morgan fingerprint density at radius 3 is 3.00 bits per heavy atom. The van der Waals surface area contributed by atoms with E-state index in [2.05, 4.69) is 10.3 Å². The molecule has 2 rings (SSSR count). The normalized spacial score (nSPS) is 26.1. The van der Waals surface area contributed by atoms with E-state index in [1.165, 1.54) is 12.2 Å². The van der Waals surface area contributed by atoms with E-state index in [0.29, 0.717) is 11.5 Å². The van der Waals surface area contributed by atoms with Crippen molar-refractivity contribution in [3.63, 3.8) is 0 Å². The molecular formula is C9H8N2O2. The van der Waals surface area contributed by atoms with Crippen molar-refractivity contribution in [3.05, 3.63) is 23.9 Å². The van der Waals surface area contributed by atoms with Crippen LogP contribution >= 0.6 is 0 Å². The number of hydrogen-bond acceptors (Lipinski definition) is 3. The first-order chi connectivity index (χ1) is 6.16. The van der Waals surface area contributed by atoms with Gasteiger partial charge in [0.1, 0.15) is 5.84 Å². The molecule has 1 atom stereocenters. The SMILES string of the molecule is CC1=CC(=O)C2C=CC(=O)NC2=N1. The Morgan fingerprint density at radius 1 is 1.46 bits per heavy atom. The first-order valence-corrected chi connectivity index (χ1v) is 3.97. The smallest absolute Gasteiger partial charge is 0.249 e. The molecule has 4 nitrogen and oxygen atoms in total. The average molecular weight is 176 g/mol. The fourth-order valence-corrected chi connectivity index (χ4v) is 1.37. The van der Waals surface area contributed by atoms with E-state index in [1.54, 1.807) is 13.0 Å². The van der Waals surface area contributed by atoms with Crippen LogP contribution < -0.4 is 5.32 Å². The topological polar surface area (TPSA) is 58.5 Å². The van der Waals surface area contributed by atoms with Crippen molar-refractivity contribution in [2.45, 2.75) is 6.92 Å². The molecule has 0 aliphatic carbocycles. The van der Waals surface area contributed by atoms with Crippen LogP contribution in [0.1, 0.15) is 6.92 Å². The molecule has 0 saturated carbocycles. The molecule has 2 aliphatic heterocycles. The summed E-state index contributed by atoms with van der Waals surface area (Å²) in [4.78, 5) is 26.4. The minimum atomic E-state index is -0.388. The van der Waals surface area contributed by atoms with Crippen LogP contribution in [0.3, 0.4) is 0 Å². The Hall–Kier alpha value is -1.71. The number of carbonyl (C=O) groups is 2. The fourth-order valence-electron chi connectivity index (χ4n) is 1.37. The summed E-state index contributed by atoms with van der Waals surface area (Å²) < 4.78 is 0. The minimum Gasteiger partial charge on any atom is -0.310 e. The number of fused-ring (bicyclic) bond motifs is 1. The molecule has 13 heavy (non-hydrogen) atoms. The number of allylic oxidation sites excluding steroid dienone is 2. The highest BCUT2D eigenvalue weighted by atomic mass is 16.2. The van der Waals surface area contributed by atoms with Crippen LogP contribution in [-0.2, 0) is 9.59 Å². The summed E-state index contributed by atoms with van der Waals surface area (Å²) in [5, 5.41) is 2.54. The molecule has 66 valence electrons. The van der Waals surface area contributed by atoms with Crippen LogP contribution in [-0.4, -0.2) is 17.5 Å². The van der Waals surface area contributed by atoms with Crippen molar-refractivity contribution in [1.82, 2.24) is 5.32 Å². The van der Waals surface area contributed by atoms with Gasteiger partial charge in [-0.3, -0.25) is 9.59 Å². The number of aliphatic imine (C=N–C) groups is 1. The molecule has 0 fully saturated rings. The van der Waals surface area contributed by atoms with Gasteiger partial charge in [-0.25, -0.2) is 4.99 Å². The number of rotatable bonds is 0. The van der Waals surface area contributed by atoms with Crippen molar-refractivity contribution < 1.29 is 9.59 Å². The number of carbonyl (C=O) groups excluding carboxylic acids is 2. The Morgan fingerprint density at radius 2 is 2.23 bits per heavy atom. The molecule has 0 spiro atoms. The second-order valence-electron chi connectivity index (χ2n) is 3.01. The summed E-state index contributed by atoms with van der Waals surface area (Å²) in [5.41, 5.74) is 0.631. The lowest BCUT2D eigenvalue weighted by molar-refractivity contribution is -0.116. The minimum absolute atomic E-state index is 0.0289. The van der Waals surface area contributed by atoms with Crippen LogP contribution in [0.2, 0.25) is 0 Å². The van der Waals surface area contributed by atoms with Crippen molar-refractivity contribution >= 4 is 17.5 Å². The highest BCUT2D eigenvalue weighted by molar-refractivity contribution is 6.19. The van der Waals surface area contributed by atoms with Crippen molar-refractivity contribution in [1.29, 1.82) is 0 Å². The Bertz CT molecular complexity index is 377. The summed E-state index contributed by atoms with van der Waals surface area (Å²) in [6.45, 7) is 1.73. The maximum Gasteiger partial charge on any atom is 0.249 e. The lowest BCUT2D eigenvalue weighted by atomic mass is 9.96. The molecule has 1 unspecified atom stereocenters. The Balaban J connectivity index is 2.42. The van der Waals surface area contributed by atoms with Gasteiger partial charge in [0.05, 0.1) is 5.92 Å². The standard InChI is InChI=1S/C9H8N2O2/c1-5-4-7(12)6-2-3-8(13)11-9(6)10-5/h2-4,6H,1H3,(H,10,11,13). The van der Waals surface area contributed by atoms with Crippen molar-refractivity contribution in [3.8, 4) is 0 Å². The van der Waals surface area contributed by atoms with Gasteiger partial charge in [0.2, 0.25) is 5.91 Å². The molecule has 0 bridgehead atoms. The number of amidine groups is 1. The number of amides is 1. The van der Waals surface area contributed by atoms with E-state index in [1.807, 2.05) is 0 Å². The average Bonchev–Trinajstić information content (AvgIpc) is 2.02. The second-order valence-corrected chi connectivity index (χ2v) is 3.01. The molecular weight excluding hydrogens is 168 g/mol. The second kappa shape index (κ2) is 2.65. The van der Waals surface area contributed by atoms with Crippen LogP contribution in [0.5, 0.6) is 0 Å². The van der Waals surface area contributed by atoms with Crippen molar-refractivity contribution in [2.75, 3.05) is 0 Å². The van der Waals surface area contributed by atoms with Gasteiger partial charge >= 0.3 is 0 Å². The molecule has 0 saturated heterocycles. The van der Waals surface area contributed by atoms with Crippen LogP contribution in [0, 0.1) is 5.92 Å². The summed E-state index contributed by atoms with van der Waals surface area (Å²) in [7, 11) is 0. The van der Waals surface area contributed by atoms with Crippen molar-refractivity contribution in [2.24, 2.45) is 10.9 Å². The van der Waals surface area contributed by atoms with E-state index in [4.69, 9.17) is 0 Å². The maximum atomic E-state index is 11.4. The third kappa shape index (κ3) is 1.30. The molecule has 1 amide bonds. The highest BCUT2D eigenvalue weighted by Gasteiger charge is 2.27. The van der Waals surface area contributed by atoms with Gasteiger partial charge in [-0.05, 0) is 6.92 Å². The van der Waals surface area contributed by atoms with Crippen LogP contribution in [0.25, 0.3) is 0 Å². The summed E-state index contributed by atoms with van der Waals surface area (Å²) in [6, 6.07) is 0.